The van der Waals surface area contributed by atoms with Crippen molar-refractivity contribution in [2.75, 3.05) is 10.8 Å². The van der Waals surface area contributed by atoms with Gasteiger partial charge in [-0.05, 0) is 38.8 Å². The first-order chi connectivity index (χ1) is 8.38. The number of anilines is 1. The number of carbonyl (C=O) groups is 1. The molecule has 0 radical (unpaired) electrons. The Bertz CT molecular complexity index is 531. The Morgan fingerprint density at radius 2 is 2.00 bits per heavy atom. The molecule has 1 heterocycles. The molecule has 1 aromatic carbocycles. The number of hydrogen-bond donors (Lipinski definition) is 0. The van der Waals surface area contributed by atoms with E-state index >= 15 is 0 Å². The van der Waals surface area contributed by atoms with Gasteiger partial charge in [-0.15, -0.1) is 11.6 Å². The van der Waals surface area contributed by atoms with Crippen molar-refractivity contribution in [3.63, 3.8) is 0 Å². The maximum absolute atomic E-state index is 12.2. The normalized spacial score (nSPS) is 17.2. The smallest absolute Gasteiger partial charge is 0.242 e. The van der Waals surface area contributed by atoms with Crippen molar-refractivity contribution in [1.29, 1.82) is 0 Å². The Morgan fingerprint density at radius 1 is 1.33 bits per heavy atom. The van der Waals surface area contributed by atoms with Crippen LogP contribution in [0.5, 0.6) is 0 Å². The van der Waals surface area contributed by atoms with Crippen LogP contribution in [0, 0.1) is 6.92 Å². The SMILES string of the molecule is CC1=CC(C)(C)N(C(=O)CCl)c2c(C)cccc21. The van der Waals surface area contributed by atoms with Gasteiger partial charge >= 0.3 is 0 Å². The van der Waals surface area contributed by atoms with Gasteiger partial charge < -0.3 is 4.90 Å². The van der Waals surface area contributed by atoms with E-state index in [1.807, 2.05) is 37.8 Å². The molecule has 0 spiro atoms. The molecule has 2 nitrogen and oxygen atoms in total. The fourth-order valence-electron chi connectivity index (χ4n) is 2.74. The number of benzene rings is 1. The lowest BCUT2D eigenvalue weighted by Crippen LogP contribution is -2.49. The molecular weight excluding hydrogens is 246 g/mol. The minimum Gasteiger partial charge on any atom is -0.301 e. The molecule has 3 heteroatoms. The van der Waals surface area contributed by atoms with Crippen LogP contribution in [-0.2, 0) is 4.79 Å². The summed E-state index contributed by atoms with van der Waals surface area (Å²) in [5, 5.41) is 0. The summed E-state index contributed by atoms with van der Waals surface area (Å²) in [6, 6.07) is 6.10. The van der Waals surface area contributed by atoms with Gasteiger partial charge in [0.25, 0.3) is 0 Å². The van der Waals surface area contributed by atoms with Crippen molar-refractivity contribution in [2.45, 2.75) is 33.2 Å². The maximum atomic E-state index is 12.2. The Morgan fingerprint density at radius 3 is 2.61 bits per heavy atom. The van der Waals surface area contributed by atoms with Crippen molar-refractivity contribution in [3.8, 4) is 0 Å². The number of hydrogen-bond acceptors (Lipinski definition) is 1. The predicted molar refractivity (Wildman–Crippen MR) is 77.1 cm³/mol. The number of amides is 1. The molecule has 1 aliphatic rings. The molecule has 0 saturated carbocycles. The number of nitrogens with zero attached hydrogens (tertiary/aromatic N) is 1. The fourth-order valence-corrected chi connectivity index (χ4v) is 2.86. The van der Waals surface area contributed by atoms with Crippen LogP contribution in [0.2, 0.25) is 0 Å². The molecule has 0 fully saturated rings. The standard InChI is InChI=1S/C15H18ClNO/c1-10-6-5-7-12-11(2)8-15(3,4)17(14(10)12)13(18)9-16/h5-8H,9H2,1-4H3. The molecule has 1 aromatic rings. The number of aryl methyl sites for hydroxylation is 1. The van der Waals surface area contributed by atoms with Crippen LogP contribution in [-0.4, -0.2) is 17.3 Å². The molecule has 0 N–H and O–H groups in total. The Balaban J connectivity index is 2.71. The van der Waals surface area contributed by atoms with Gasteiger partial charge in [0, 0.05) is 5.56 Å². The molecule has 0 unspecified atom stereocenters. The highest BCUT2D eigenvalue weighted by molar-refractivity contribution is 6.30. The summed E-state index contributed by atoms with van der Waals surface area (Å²) in [6.07, 6.45) is 2.12. The van der Waals surface area contributed by atoms with Gasteiger partial charge in [-0.3, -0.25) is 4.79 Å². The summed E-state index contributed by atoms with van der Waals surface area (Å²) in [5.41, 5.74) is 4.08. The highest BCUT2D eigenvalue weighted by Gasteiger charge is 2.35. The van der Waals surface area contributed by atoms with E-state index in [0.29, 0.717) is 0 Å². The van der Waals surface area contributed by atoms with Crippen LogP contribution in [0.4, 0.5) is 5.69 Å². The average Bonchev–Trinajstić information content (AvgIpc) is 2.29. The van der Waals surface area contributed by atoms with Gasteiger partial charge in [0.15, 0.2) is 0 Å². The van der Waals surface area contributed by atoms with Crippen LogP contribution in [0.15, 0.2) is 24.3 Å². The number of fused-ring (bicyclic) bond motifs is 1. The first-order valence-corrected chi connectivity index (χ1v) is 6.60. The number of para-hydroxylation sites is 1. The minimum atomic E-state index is -0.338. The predicted octanol–water partition coefficient (Wildman–Crippen LogP) is 3.76. The molecule has 1 amide bonds. The molecule has 96 valence electrons. The highest BCUT2D eigenvalue weighted by Crippen LogP contribution is 2.40. The number of halogens is 1. The maximum Gasteiger partial charge on any atom is 0.242 e. The largest absolute Gasteiger partial charge is 0.301 e. The van der Waals surface area contributed by atoms with Gasteiger partial charge in [-0.2, -0.15) is 0 Å². The van der Waals surface area contributed by atoms with Gasteiger partial charge in [-0.1, -0.05) is 24.3 Å². The molecule has 0 saturated heterocycles. The number of rotatable bonds is 1. The van der Waals surface area contributed by atoms with E-state index in [1.54, 1.807) is 0 Å². The lowest BCUT2D eigenvalue weighted by atomic mass is 9.87. The third-order valence-corrected chi connectivity index (χ3v) is 3.62. The topological polar surface area (TPSA) is 20.3 Å². The van der Waals surface area contributed by atoms with E-state index in [2.05, 4.69) is 19.1 Å². The summed E-state index contributed by atoms with van der Waals surface area (Å²) in [7, 11) is 0. The second kappa shape index (κ2) is 4.43. The quantitative estimate of drug-likeness (QED) is 0.707. The van der Waals surface area contributed by atoms with E-state index in [1.165, 1.54) is 5.57 Å². The molecule has 0 atom stereocenters. The first-order valence-electron chi connectivity index (χ1n) is 6.07. The zero-order chi connectivity index (χ0) is 13.5. The lowest BCUT2D eigenvalue weighted by molar-refractivity contribution is -0.117. The van der Waals surface area contributed by atoms with Crippen LogP contribution in [0.1, 0.15) is 31.9 Å². The van der Waals surface area contributed by atoms with E-state index < -0.39 is 0 Å². The third kappa shape index (κ3) is 1.95. The summed E-state index contributed by atoms with van der Waals surface area (Å²) in [6.45, 7) is 8.19. The van der Waals surface area contributed by atoms with E-state index in [4.69, 9.17) is 11.6 Å². The van der Waals surface area contributed by atoms with Crippen LogP contribution in [0.3, 0.4) is 0 Å². The molecule has 1 aliphatic heterocycles. The summed E-state index contributed by atoms with van der Waals surface area (Å²) in [5.74, 6) is -0.0506. The molecule has 0 aromatic heterocycles. The van der Waals surface area contributed by atoms with Crippen LogP contribution < -0.4 is 4.90 Å². The lowest BCUT2D eigenvalue weighted by Gasteiger charge is -2.42. The molecule has 18 heavy (non-hydrogen) atoms. The second-order valence-corrected chi connectivity index (χ2v) is 5.58. The fraction of sp³-hybridized carbons (Fsp3) is 0.400. The number of carbonyl (C=O) groups excluding carboxylic acids is 1. The minimum absolute atomic E-state index is 0.00406. The average molecular weight is 264 g/mol. The van der Waals surface area contributed by atoms with Gasteiger partial charge in [-0.25, -0.2) is 0 Å². The van der Waals surface area contributed by atoms with E-state index in [9.17, 15) is 4.79 Å². The van der Waals surface area contributed by atoms with Gasteiger partial charge in [0.05, 0.1) is 11.2 Å². The van der Waals surface area contributed by atoms with Crippen molar-refractivity contribution >= 4 is 28.8 Å². The first kappa shape index (κ1) is 13.2. The second-order valence-electron chi connectivity index (χ2n) is 5.31. The summed E-state index contributed by atoms with van der Waals surface area (Å²) < 4.78 is 0. The van der Waals surface area contributed by atoms with Crippen molar-refractivity contribution in [2.24, 2.45) is 0 Å². The van der Waals surface area contributed by atoms with E-state index in [0.717, 1.165) is 16.8 Å². The monoisotopic (exact) mass is 263 g/mol. The van der Waals surface area contributed by atoms with Crippen LogP contribution in [0.25, 0.3) is 5.57 Å². The number of alkyl halides is 1. The van der Waals surface area contributed by atoms with Crippen molar-refractivity contribution in [1.82, 2.24) is 0 Å². The van der Waals surface area contributed by atoms with Gasteiger partial charge in [0.1, 0.15) is 5.88 Å². The Labute approximate surface area is 113 Å². The molecular formula is C15H18ClNO. The molecule has 0 aliphatic carbocycles. The van der Waals surface area contributed by atoms with Crippen LogP contribution >= 0.6 is 11.6 Å². The zero-order valence-corrected chi connectivity index (χ0v) is 12.0. The molecule has 2 rings (SSSR count). The summed E-state index contributed by atoms with van der Waals surface area (Å²) in [4.78, 5) is 14.0. The van der Waals surface area contributed by atoms with Crippen molar-refractivity contribution in [3.05, 3.63) is 35.4 Å². The highest BCUT2D eigenvalue weighted by atomic mass is 35.5. The van der Waals surface area contributed by atoms with Gasteiger partial charge in [0.2, 0.25) is 5.91 Å². The Kier molecular flexibility index (Phi) is 3.24. The zero-order valence-electron chi connectivity index (χ0n) is 11.2. The van der Waals surface area contributed by atoms with E-state index in [-0.39, 0.29) is 17.3 Å². The number of allylic oxidation sites excluding steroid dienone is 1. The third-order valence-electron chi connectivity index (χ3n) is 3.40. The molecule has 0 bridgehead atoms. The Hall–Kier alpha value is -1.28. The summed E-state index contributed by atoms with van der Waals surface area (Å²) >= 11 is 5.76. The van der Waals surface area contributed by atoms with Crippen molar-refractivity contribution < 1.29 is 4.79 Å².